The molecule has 0 saturated heterocycles. The Balaban J connectivity index is 1.70. The molecule has 6 heteroatoms. The van der Waals surface area contributed by atoms with Crippen molar-refractivity contribution in [2.75, 3.05) is 11.4 Å². The fraction of sp³-hybridized carbons (Fsp3) is 0.368. The molecule has 0 saturated carbocycles. The number of hydrogen-bond acceptors (Lipinski definition) is 4. The normalized spacial score (nSPS) is 14.2. The number of aryl methyl sites for hydroxylation is 1. The molecular weight excluding hydrogens is 314 g/mol. The van der Waals surface area contributed by atoms with E-state index in [1.807, 2.05) is 19.1 Å². The summed E-state index contributed by atoms with van der Waals surface area (Å²) < 4.78 is 1.60. The van der Waals surface area contributed by atoms with Gasteiger partial charge in [0, 0.05) is 24.1 Å². The number of aromatic nitrogens is 4. The Morgan fingerprint density at radius 3 is 2.72 bits per heavy atom. The first-order chi connectivity index (χ1) is 11.8. The molecule has 128 valence electrons. The molecule has 0 atom stereocenters. The Labute approximate surface area is 146 Å². The first-order valence-corrected chi connectivity index (χ1v) is 8.48. The van der Waals surface area contributed by atoms with Crippen molar-refractivity contribution in [3.8, 4) is 0 Å². The third kappa shape index (κ3) is 2.58. The molecule has 0 radical (unpaired) electrons. The summed E-state index contributed by atoms with van der Waals surface area (Å²) in [5.41, 5.74) is 4.44. The van der Waals surface area contributed by atoms with E-state index in [4.69, 9.17) is 0 Å². The molecule has 1 amide bonds. The number of hydrogen-bond donors (Lipinski definition) is 0. The summed E-state index contributed by atoms with van der Waals surface area (Å²) in [4.78, 5) is 23.2. The second-order valence-electron chi connectivity index (χ2n) is 7.53. The summed E-state index contributed by atoms with van der Waals surface area (Å²) in [6.45, 7) is 9.16. The predicted octanol–water partition coefficient (Wildman–Crippen LogP) is 2.93. The van der Waals surface area contributed by atoms with Crippen LogP contribution in [0.5, 0.6) is 0 Å². The number of rotatable bonds is 1. The monoisotopic (exact) mass is 335 g/mol. The fourth-order valence-electron chi connectivity index (χ4n) is 3.20. The van der Waals surface area contributed by atoms with Crippen molar-refractivity contribution in [3.63, 3.8) is 0 Å². The highest BCUT2D eigenvalue weighted by Crippen LogP contribution is 2.33. The van der Waals surface area contributed by atoms with Crippen molar-refractivity contribution in [2.45, 2.75) is 39.5 Å². The minimum Gasteiger partial charge on any atom is -0.305 e. The van der Waals surface area contributed by atoms with E-state index >= 15 is 0 Å². The van der Waals surface area contributed by atoms with Gasteiger partial charge in [-0.3, -0.25) is 4.79 Å². The molecule has 25 heavy (non-hydrogen) atoms. The molecule has 0 spiro atoms. The SMILES string of the molecule is Cc1ccnc2nc(C(=O)N3CCc4cc(C(C)(C)C)ccc43)nn12. The van der Waals surface area contributed by atoms with Crippen LogP contribution in [0.25, 0.3) is 5.78 Å². The first-order valence-electron chi connectivity index (χ1n) is 8.48. The van der Waals surface area contributed by atoms with Gasteiger partial charge in [-0.25, -0.2) is 9.50 Å². The zero-order valence-electron chi connectivity index (χ0n) is 14.9. The van der Waals surface area contributed by atoms with E-state index in [0.29, 0.717) is 12.3 Å². The van der Waals surface area contributed by atoms with Gasteiger partial charge in [-0.1, -0.05) is 32.9 Å². The smallest absolute Gasteiger partial charge is 0.298 e. The Morgan fingerprint density at radius 1 is 1.20 bits per heavy atom. The van der Waals surface area contributed by atoms with Crippen molar-refractivity contribution < 1.29 is 4.79 Å². The van der Waals surface area contributed by atoms with E-state index in [2.05, 4.69) is 48.0 Å². The fourth-order valence-corrected chi connectivity index (χ4v) is 3.20. The van der Waals surface area contributed by atoms with Gasteiger partial charge >= 0.3 is 0 Å². The van der Waals surface area contributed by atoms with Gasteiger partial charge in [0.15, 0.2) is 0 Å². The standard InChI is InChI=1S/C19H21N5O/c1-12-7-9-20-18-21-16(22-24(12)18)17(25)23-10-8-13-11-14(19(2,3)4)5-6-15(13)23/h5-7,9,11H,8,10H2,1-4H3. The molecular formula is C19H21N5O. The molecule has 0 fully saturated rings. The lowest BCUT2D eigenvalue weighted by atomic mass is 9.86. The molecule has 2 aromatic heterocycles. The Kier molecular flexibility index (Phi) is 3.39. The van der Waals surface area contributed by atoms with Crippen molar-refractivity contribution in [2.24, 2.45) is 0 Å². The highest BCUT2D eigenvalue weighted by Gasteiger charge is 2.29. The molecule has 0 N–H and O–H groups in total. The molecule has 0 bridgehead atoms. The molecule has 6 nitrogen and oxygen atoms in total. The van der Waals surface area contributed by atoms with Gasteiger partial charge in [0.05, 0.1) is 0 Å². The third-order valence-electron chi connectivity index (χ3n) is 4.71. The van der Waals surface area contributed by atoms with Crippen LogP contribution in [0.3, 0.4) is 0 Å². The van der Waals surface area contributed by atoms with Gasteiger partial charge < -0.3 is 4.90 Å². The highest BCUT2D eigenvalue weighted by atomic mass is 16.2. The van der Waals surface area contributed by atoms with Crippen molar-refractivity contribution in [1.82, 2.24) is 19.6 Å². The second-order valence-corrected chi connectivity index (χ2v) is 7.53. The van der Waals surface area contributed by atoms with Crippen LogP contribution >= 0.6 is 0 Å². The molecule has 0 aliphatic carbocycles. The lowest BCUT2D eigenvalue weighted by molar-refractivity contribution is 0.0979. The number of nitrogens with zero attached hydrogens (tertiary/aromatic N) is 5. The third-order valence-corrected chi connectivity index (χ3v) is 4.71. The number of anilines is 1. The van der Waals surface area contributed by atoms with Crippen LogP contribution in [-0.2, 0) is 11.8 Å². The molecule has 3 aromatic rings. The second kappa shape index (κ2) is 5.37. The van der Waals surface area contributed by atoms with Crippen molar-refractivity contribution in [1.29, 1.82) is 0 Å². The molecule has 1 aliphatic rings. The average Bonchev–Trinajstić information content (AvgIpc) is 3.17. The quantitative estimate of drug-likeness (QED) is 0.686. The van der Waals surface area contributed by atoms with E-state index in [0.717, 1.165) is 17.8 Å². The molecule has 1 aromatic carbocycles. The highest BCUT2D eigenvalue weighted by molar-refractivity contribution is 6.05. The number of amides is 1. The van der Waals surface area contributed by atoms with Crippen LogP contribution < -0.4 is 4.90 Å². The van der Waals surface area contributed by atoms with Gasteiger partial charge in [-0.15, -0.1) is 5.10 Å². The number of carbonyl (C=O) groups excluding carboxylic acids is 1. The molecule has 3 heterocycles. The average molecular weight is 335 g/mol. The van der Waals surface area contributed by atoms with E-state index < -0.39 is 0 Å². The maximum atomic E-state index is 12.9. The van der Waals surface area contributed by atoms with Crippen molar-refractivity contribution >= 4 is 17.4 Å². The van der Waals surface area contributed by atoms with Crippen LogP contribution in [0.2, 0.25) is 0 Å². The van der Waals surface area contributed by atoms with Crippen LogP contribution in [-0.4, -0.2) is 32.0 Å². The lowest BCUT2D eigenvalue weighted by Crippen LogP contribution is -2.30. The summed E-state index contributed by atoms with van der Waals surface area (Å²) in [5.74, 6) is 0.465. The Morgan fingerprint density at radius 2 is 2.00 bits per heavy atom. The first kappa shape index (κ1) is 15.7. The minimum atomic E-state index is -0.174. The Bertz CT molecular complexity index is 983. The number of fused-ring (bicyclic) bond motifs is 2. The lowest BCUT2D eigenvalue weighted by Gasteiger charge is -2.21. The number of benzene rings is 1. The minimum absolute atomic E-state index is 0.0960. The van der Waals surface area contributed by atoms with Gasteiger partial charge in [-0.2, -0.15) is 4.98 Å². The van der Waals surface area contributed by atoms with Crippen LogP contribution in [0.1, 0.15) is 48.2 Å². The van der Waals surface area contributed by atoms with Crippen LogP contribution in [0.15, 0.2) is 30.5 Å². The summed E-state index contributed by atoms with van der Waals surface area (Å²) in [6.07, 6.45) is 2.53. The van der Waals surface area contributed by atoms with Gasteiger partial charge in [0.2, 0.25) is 5.82 Å². The van der Waals surface area contributed by atoms with Crippen LogP contribution in [0.4, 0.5) is 5.69 Å². The summed E-state index contributed by atoms with van der Waals surface area (Å²) >= 11 is 0. The Hall–Kier alpha value is -2.76. The summed E-state index contributed by atoms with van der Waals surface area (Å²) in [7, 11) is 0. The largest absolute Gasteiger partial charge is 0.305 e. The van der Waals surface area contributed by atoms with Gasteiger partial charge in [-0.05, 0) is 42.0 Å². The van der Waals surface area contributed by atoms with E-state index in [1.54, 1.807) is 15.6 Å². The van der Waals surface area contributed by atoms with E-state index in [1.165, 1.54) is 11.1 Å². The maximum Gasteiger partial charge on any atom is 0.298 e. The predicted molar refractivity (Wildman–Crippen MR) is 96.0 cm³/mol. The maximum absolute atomic E-state index is 12.9. The van der Waals surface area contributed by atoms with Gasteiger partial charge in [0.1, 0.15) is 0 Å². The zero-order chi connectivity index (χ0) is 17.8. The summed E-state index contributed by atoms with van der Waals surface area (Å²) in [6, 6.07) is 8.20. The zero-order valence-corrected chi connectivity index (χ0v) is 14.9. The topological polar surface area (TPSA) is 63.4 Å². The van der Waals surface area contributed by atoms with E-state index in [-0.39, 0.29) is 17.1 Å². The van der Waals surface area contributed by atoms with Crippen molar-refractivity contribution in [3.05, 3.63) is 53.1 Å². The van der Waals surface area contributed by atoms with Crippen LogP contribution in [0, 0.1) is 6.92 Å². The molecule has 4 rings (SSSR count). The summed E-state index contributed by atoms with van der Waals surface area (Å²) in [5, 5.41) is 4.34. The molecule has 0 unspecified atom stereocenters. The van der Waals surface area contributed by atoms with E-state index in [9.17, 15) is 4.79 Å². The van der Waals surface area contributed by atoms with Gasteiger partial charge in [0.25, 0.3) is 11.7 Å². The molecule has 1 aliphatic heterocycles. The number of carbonyl (C=O) groups is 1.